The quantitative estimate of drug-likeness (QED) is 0.395. The van der Waals surface area contributed by atoms with Crippen LogP contribution in [0.5, 0.6) is 0 Å². The van der Waals surface area contributed by atoms with E-state index in [9.17, 15) is 9.59 Å². The molecule has 22 heavy (non-hydrogen) atoms. The fourth-order valence-electron chi connectivity index (χ4n) is 1.38. The van der Waals surface area contributed by atoms with Gasteiger partial charge in [-0.2, -0.15) is 0 Å². The maximum atomic E-state index is 11.2. The molecule has 6 nitrogen and oxygen atoms in total. The van der Waals surface area contributed by atoms with Gasteiger partial charge in [0.15, 0.2) is 0 Å². The number of rotatable bonds is 13. The molecule has 0 aliphatic rings. The molecule has 0 atom stereocenters. The van der Waals surface area contributed by atoms with Crippen LogP contribution in [0.15, 0.2) is 24.3 Å². The summed E-state index contributed by atoms with van der Waals surface area (Å²) in [5.41, 5.74) is 1.02. The molecule has 0 rings (SSSR count). The van der Waals surface area contributed by atoms with E-state index < -0.39 is 0 Å². The zero-order chi connectivity index (χ0) is 16.8. The van der Waals surface area contributed by atoms with Crippen molar-refractivity contribution in [3.8, 4) is 0 Å². The molecule has 0 aromatic rings. The topological polar surface area (TPSA) is 76.7 Å². The molecule has 0 aliphatic heterocycles. The van der Waals surface area contributed by atoms with Crippen molar-refractivity contribution in [1.29, 1.82) is 0 Å². The van der Waals surface area contributed by atoms with Gasteiger partial charge in [0, 0.05) is 37.4 Å². The van der Waals surface area contributed by atoms with Crippen molar-refractivity contribution in [2.45, 2.75) is 26.7 Å². The Morgan fingerprint density at radius 3 is 1.45 bits per heavy atom. The number of nitrogens with one attached hydrogen (secondary N) is 2. The van der Waals surface area contributed by atoms with Crippen molar-refractivity contribution in [2.75, 3.05) is 39.5 Å². The standard InChI is InChI=1S/C16H28N2O4/c1-13(2)15(19)17-7-5-9-21-11-12-22-10-6-8-18-16(20)14(3)4/h1,3,5-12H2,2,4H3,(H,17,19)(H,18,20). The Kier molecular flexibility index (Phi) is 12.1. The van der Waals surface area contributed by atoms with Gasteiger partial charge >= 0.3 is 0 Å². The van der Waals surface area contributed by atoms with E-state index in [0.717, 1.165) is 12.8 Å². The second-order valence-corrected chi connectivity index (χ2v) is 5.00. The molecule has 6 heteroatoms. The van der Waals surface area contributed by atoms with Crippen molar-refractivity contribution in [3.63, 3.8) is 0 Å². The van der Waals surface area contributed by atoms with Gasteiger partial charge in [-0.05, 0) is 26.7 Å². The Labute approximate surface area is 132 Å². The molecule has 2 amide bonds. The highest BCUT2D eigenvalue weighted by atomic mass is 16.5. The maximum absolute atomic E-state index is 11.2. The second kappa shape index (κ2) is 13.0. The lowest BCUT2D eigenvalue weighted by atomic mass is 10.3. The van der Waals surface area contributed by atoms with Crippen molar-refractivity contribution in [2.24, 2.45) is 0 Å². The van der Waals surface area contributed by atoms with E-state index in [4.69, 9.17) is 9.47 Å². The van der Waals surface area contributed by atoms with Gasteiger partial charge in [0.1, 0.15) is 0 Å². The third-order valence-corrected chi connectivity index (χ3v) is 2.65. The van der Waals surface area contributed by atoms with Crippen LogP contribution >= 0.6 is 0 Å². The van der Waals surface area contributed by atoms with Crippen LogP contribution in [0.1, 0.15) is 26.7 Å². The van der Waals surface area contributed by atoms with E-state index in [1.54, 1.807) is 13.8 Å². The zero-order valence-electron chi connectivity index (χ0n) is 13.7. The predicted octanol–water partition coefficient (Wildman–Crippen LogP) is 1.18. The summed E-state index contributed by atoms with van der Waals surface area (Å²) in [4.78, 5) is 22.4. The largest absolute Gasteiger partial charge is 0.379 e. The molecule has 0 spiro atoms. The van der Waals surface area contributed by atoms with Crippen LogP contribution in [-0.2, 0) is 19.1 Å². The predicted molar refractivity (Wildman–Crippen MR) is 86.5 cm³/mol. The summed E-state index contributed by atoms with van der Waals surface area (Å²) in [5, 5.41) is 5.47. The first kappa shape index (κ1) is 20.3. The van der Waals surface area contributed by atoms with Crippen molar-refractivity contribution >= 4 is 11.8 Å². The Morgan fingerprint density at radius 2 is 1.14 bits per heavy atom. The van der Waals surface area contributed by atoms with Crippen molar-refractivity contribution in [3.05, 3.63) is 24.3 Å². The summed E-state index contributed by atoms with van der Waals surface area (Å²) in [5.74, 6) is -0.246. The van der Waals surface area contributed by atoms with Crippen molar-refractivity contribution in [1.82, 2.24) is 10.6 Å². The molecule has 0 saturated heterocycles. The minimum absolute atomic E-state index is 0.123. The molecule has 0 fully saturated rings. The average Bonchev–Trinajstić information content (AvgIpc) is 2.47. The minimum Gasteiger partial charge on any atom is -0.379 e. The molecular formula is C16H28N2O4. The Hall–Kier alpha value is -1.66. The van der Waals surface area contributed by atoms with Gasteiger partial charge in [-0.3, -0.25) is 9.59 Å². The molecule has 2 N–H and O–H groups in total. The van der Waals surface area contributed by atoms with E-state index in [0.29, 0.717) is 50.7 Å². The lowest BCUT2D eigenvalue weighted by molar-refractivity contribution is -0.118. The molecule has 0 heterocycles. The van der Waals surface area contributed by atoms with Gasteiger partial charge in [0.25, 0.3) is 0 Å². The van der Waals surface area contributed by atoms with Gasteiger partial charge in [0.2, 0.25) is 11.8 Å². The first-order chi connectivity index (χ1) is 10.4. The molecule has 0 aromatic carbocycles. The first-order valence-corrected chi connectivity index (χ1v) is 7.48. The Bertz CT molecular complexity index is 344. The molecular weight excluding hydrogens is 284 g/mol. The lowest BCUT2D eigenvalue weighted by Crippen LogP contribution is -2.26. The third kappa shape index (κ3) is 12.1. The van der Waals surface area contributed by atoms with E-state index >= 15 is 0 Å². The molecule has 0 saturated carbocycles. The van der Waals surface area contributed by atoms with Gasteiger partial charge in [-0.15, -0.1) is 0 Å². The number of ether oxygens (including phenoxy) is 2. The van der Waals surface area contributed by atoms with Gasteiger partial charge in [-0.1, -0.05) is 13.2 Å². The van der Waals surface area contributed by atoms with Gasteiger partial charge in [-0.25, -0.2) is 0 Å². The van der Waals surface area contributed by atoms with Gasteiger partial charge in [0.05, 0.1) is 13.2 Å². The van der Waals surface area contributed by atoms with Crippen LogP contribution in [0.3, 0.4) is 0 Å². The van der Waals surface area contributed by atoms with E-state index in [1.165, 1.54) is 0 Å². The summed E-state index contributed by atoms with van der Waals surface area (Å²) < 4.78 is 10.7. The molecule has 0 unspecified atom stereocenters. The number of hydrogen-bond acceptors (Lipinski definition) is 4. The highest BCUT2D eigenvalue weighted by Crippen LogP contribution is 1.89. The molecule has 0 radical (unpaired) electrons. The first-order valence-electron chi connectivity index (χ1n) is 7.48. The Morgan fingerprint density at radius 1 is 0.773 bits per heavy atom. The van der Waals surface area contributed by atoms with Crippen LogP contribution in [0.2, 0.25) is 0 Å². The summed E-state index contributed by atoms with van der Waals surface area (Å²) in [7, 11) is 0. The molecule has 0 aromatic heterocycles. The van der Waals surface area contributed by atoms with Crippen LogP contribution in [0, 0.1) is 0 Å². The summed E-state index contributed by atoms with van der Waals surface area (Å²) in [6, 6.07) is 0. The molecule has 0 bridgehead atoms. The van der Waals surface area contributed by atoms with Crippen molar-refractivity contribution < 1.29 is 19.1 Å². The van der Waals surface area contributed by atoms with E-state index in [1.807, 2.05) is 0 Å². The second-order valence-electron chi connectivity index (χ2n) is 5.00. The lowest BCUT2D eigenvalue weighted by Gasteiger charge is -2.07. The SMILES string of the molecule is C=C(C)C(=O)NCCCOCCOCCCNC(=O)C(=C)C. The smallest absolute Gasteiger partial charge is 0.246 e. The Balaban J connectivity index is 3.21. The number of carbonyl (C=O) groups is 2. The fraction of sp³-hybridized carbons (Fsp3) is 0.625. The highest BCUT2D eigenvalue weighted by molar-refractivity contribution is 5.92. The average molecular weight is 312 g/mol. The van der Waals surface area contributed by atoms with Gasteiger partial charge < -0.3 is 20.1 Å². The van der Waals surface area contributed by atoms with Crippen LogP contribution in [0.4, 0.5) is 0 Å². The molecule has 0 aliphatic carbocycles. The van der Waals surface area contributed by atoms with Crippen LogP contribution < -0.4 is 10.6 Å². The normalized spacial score (nSPS) is 10.1. The minimum atomic E-state index is -0.123. The fourth-order valence-corrected chi connectivity index (χ4v) is 1.38. The highest BCUT2D eigenvalue weighted by Gasteiger charge is 2.00. The summed E-state index contributed by atoms with van der Waals surface area (Å²) in [6.07, 6.45) is 1.51. The van der Waals surface area contributed by atoms with E-state index in [2.05, 4.69) is 23.8 Å². The number of amides is 2. The number of carbonyl (C=O) groups excluding carboxylic acids is 2. The van der Waals surface area contributed by atoms with E-state index in [-0.39, 0.29) is 11.8 Å². The van der Waals surface area contributed by atoms with Crippen LogP contribution in [-0.4, -0.2) is 51.3 Å². The molecule has 126 valence electrons. The number of hydrogen-bond donors (Lipinski definition) is 2. The summed E-state index contributed by atoms with van der Waals surface area (Å²) >= 11 is 0. The maximum Gasteiger partial charge on any atom is 0.246 e. The zero-order valence-corrected chi connectivity index (χ0v) is 13.7. The van der Waals surface area contributed by atoms with Crippen LogP contribution in [0.25, 0.3) is 0 Å². The third-order valence-electron chi connectivity index (χ3n) is 2.65. The summed E-state index contributed by atoms with van der Waals surface area (Å²) in [6.45, 7) is 13.8. The monoisotopic (exact) mass is 312 g/mol.